The van der Waals surface area contributed by atoms with E-state index in [2.05, 4.69) is 0 Å². The first kappa shape index (κ1) is 6.01. The number of hydrogen-bond donors (Lipinski definition) is 1. The minimum Gasteiger partial charge on any atom is -0.481 e. The largest absolute Gasteiger partial charge is 0.481 e. The van der Waals surface area contributed by atoms with Crippen molar-refractivity contribution in [2.24, 2.45) is 41.4 Å². The zero-order valence-electron chi connectivity index (χ0n) is 6.81. The van der Waals surface area contributed by atoms with Gasteiger partial charge in [-0.15, -0.1) is 0 Å². The molecular weight excluding hydrogens is 152 g/mol. The van der Waals surface area contributed by atoms with Crippen molar-refractivity contribution < 1.29 is 9.90 Å². The highest BCUT2D eigenvalue weighted by molar-refractivity contribution is 5.72. The maximum Gasteiger partial charge on any atom is 0.306 e. The van der Waals surface area contributed by atoms with Crippen LogP contribution in [0.4, 0.5) is 0 Å². The van der Waals surface area contributed by atoms with Gasteiger partial charge in [0.05, 0.1) is 5.92 Å². The van der Waals surface area contributed by atoms with E-state index in [0.29, 0.717) is 5.92 Å². The number of carboxylic acid groups (broad SMARTS) is 1. The average molecular weight is 164 g/mol. The lowest BCUT2D eigenvalue weighted by Crippen LogP contribution is -2.22. The minimum atomic E-state index is -0.515. The van der Waals surface area contributed by atoms with Crippen LogP contribution in [-0.4, -0.2) is 11.1 Å². The van der Waals surface area contributed by atoms with E-state index in [1.165, 1.54) is 6.42 Å². The first-order valence-corrected chi connectivity index (χ1v) is 5.02. The van der Waals surface area contributed by atoms with Crippen LogP contribution in [0.5, 0.6) is 0 Å². The molecule has 2 heteroatoms. The molecule has 5 aliphatic rings. The minimum absolute atomic E-state index is 0.0498. The normalized spacial score (nSPS) is 68.8. The fourth-order valence-corrected chi connectivity index (χ4v) is 5.00. The van der Waals surface area contributed by atoms with Gasteiger partial charge in [0.15, 0.2) is 0 Å². The molecule has 0 radical (unpaired) electrons. The van der Waals surface area contributed by atoms with Crippen molar-refractivity contribution in [3.8, 4) is 0 Å². The summed E-state index contributed by atoms with van der Waals surface area (Å²) in [4.78, 5) is 10.9. The van der Waals surface area contributed by atoms with Crippen molar-refractivity contribution in [1.82, 2.24) is 0 Å². The smallest absolute Gasteiger partial charge is 0.306 e. The summed E-state index contributed by atoms with van der Waals surface area (Å²) in [5.41, 5.74) is 0. The van der Waals surface area contributed by atoms with Crippen molar-refractivity contribution in [3.05, 3.63) is 0 Å². The standard InChI is InChI=1S/C10H12O2/c11-10(12)6-2-4-3-1-5-7(4)9(5)8(3)6/h3-9H,1-2H2,(H,11,12)/t3-,4+,5+,6+,7-,8-,9-/m1/s1. The summed E-state index contributed by atoms with van der Waals surface area (Å²) in [7, 11) is 0. The van der Waals surface area contributed by atoms with Crippen LogP contribution < -0.4 is 0 Å². The molecule has 5 saturated carbocycles. The van der Waals surface area contributed by atoms with E-state index < -0.39 is 5.97 Å². The Hall–Kier alpha value is -0.530. The number of hydrogen-bond acceptors (Lipinski definition) is 1. The summed E-state index contributed by atoms with van der Waals surface area (Å²) in [6, 6.07) is 0. The molecule has 12 heavy (non-hydrogen) atoms. The lowest BCUT2D eigenvalue weighted by atomic mass is 9.88. The van der Waals surface area contributed by atoms with E-state index >= 15 is 0 Å². The van der Waals surface area contributed by atoms with Gasteiger partial charge in [-0.1, -0.05) is 0 Å². The van der Waals surface area contributed by atoms with Crippen LogP contribution in [0.1, 0.15) is 12.8 Å². The molecule has 6 bridgehead atoms. The Bertz CT molecular complexity index is 286. The first-order valence-electron chi connectivity index (χ1n) is 5.02. The average Bonchev–Trinajstić information content (AvgIpc) is 2.45. The predicted molar refractivity (Wildman–Crippen MR) is 41.3 cm³/mol. The molecule has 2 nitrogen and oxygen atoms in total. The maximum atomic E-state index is 10.9. The third-order valence-corrected chi connectivity index (χ3v) is 5.13. The molecule has 5 aliphatic carbocycles. The van der Waals surface area contributed by atoms with Crippen LogP contribution >= 0.6 is 0 Å². The van der Waals surface area contributed by atoms with Gasteiger partial charge >= 0.3 is 5.97 Å². The Morgan fingerprint density at radius 3 is 2.25 bits per heavy atom. The molecule has 7 atom stereocenters. The maximum absolute atomic E-state index is 10.9. The van der Waals surface area contributed by atoms with Crippen LogP contribution in [0, 0.1) is 41.4 Å². The monoisotopic (exact) mass is 164 g/mol. The van der Waals surface area contributed by atoms with Gasteiger partial charge in [0, 0.05) is 0 Å². The van der Waals surface area contributed by atoms with Crippen molar-refractivity contribution in [2.75, 3.05) is 0 Å². The van der Waals surface area contributed by atoms with Crippen molar-refractivity contribution in [1.29, 1.82) is 0 Å². The van der Waals surface area contributed by atoms with Crippen LogP contribution in [-0.2, 0) is 4.79 Å². The molecule has 0 aromatic rings. The van der Waals surface area contributed by atoms with Crippen LogP contribution in [0.25, 0.3) is 0 Å². The predicted octanol–water partition coefficient (Wildman–Crippen LogP) is 1.22. The molecule has 0 amide bonds. The Labute approximate surface area is 71.0 Å². The zero-order chi connectivity index (χ0) is 8.03. The summed E-state index contributed by atoms with van der Waals surface area (Å²) in [5.74, 6) is 4.67. The van der Waals surface area contributed by atoms with Gasteiger partial charge in [-0.05, 0) is 48.3 Å². The Balaban J connectivity index is 1.79. The molecular formula is C10H12O2. The number of rotatable bonds is 1. The van der Waals surface area contributed by atoms with Gasteiger partial charge in [-0.3, -0.25) is 4.79 Å². The summed E-state index contributed by atoms with van der Waals surface area (Å²) in [6.45, 7) is 0. The summed E-state index contributed by atoms with van der Waals surface area (Å²) in [5, 5.41) is 9.01. The second kappa shape index (κ2) is 1.45. The fourth-order valence-electron chi connectivity index (χ4n) is 5.00. The lowest BCUT2D eigenvalue weighted by molar-refractivity contribution is -0.143. The second-order valence-electron chi connectivity index (χ2n) is 5.14. The molecule has 5 fully saturated rings. The van der Waals surface area contributed by atoms with Crippen LogP contribution in [0.15, 0.2) is 0 Å². The van der Waals surface area contributed by atoms with E-state index in [1.54, 1.807) is 0 Å². The number of aliphatic carboxylic acids is 1. The quantitative estimate of drug-likeness (QED) is 0.632. The van der Waals surface area contributed by atoms with Gasteiger partial charge in [0.25, 0.3) is 0 Å². The highest BCUT2D eigenvalue weighted by Crippen LogP contribution is 2.82. The molecule has 0 saturated heterocycles. The number of carboxylic acids is 1. The van der Waals surface area contributed by atoms with Crippen molar-refractivity contribution in [2.45, 2.75) is 12.8 Å². The third-order valence-electron chi connectivity index (χ3n) is 5.13. The van der Waals surface area contributed by atoms with E-state index in [0.717, 1.165) is 36.0 Å². The van der Waals surface area contributed by atoms with Gasteiger partial charge in [-0.2, -0.15) is 0 Å². The molecule has 0 aromatic heterocycles. The summed E-state index contributed by atoms with van der Waals surface area (Å²) >= 11 is 0. The highest BCUT2D eigenvalue weighted by atomic mass is 16.4. The van der Waals surface area contributed by atoms with Gasteiger partial charge in [-0.25, -0.2) is 0 Å². The molecule has 0 unspecified atom stereocenters. The zero-order valence-corrected chi connectivity index (χ0v) is 6.81. The van der Waals surface area contributed by atoms with Gasteiger partial charge < -0.3 is 5.11 Å². The molecule has 5 rings (SSSR count). The molecule has 0 heterocycles. The molecule has 0 aromatic carbocycles. The van der Waals surface area contributed by atoms with E-state index in [1.807, 2.05) is 0 Å². The molecule has 0 spiro atoms. The lowest BCUT2D eigenvalue weighted by Gasteiger charge is -2.16. The molecule has 64 valence electrons. The van der Waals surface area contributed by atoms with E-state index in [9.17, 15) is 4.79 Å². The Morgan fingerprint density at radius 2 is 1.75 bits per heavy atom. The topological polar surface area (TPSA) is 37.3 Å². The van der Waals surface area contributed by atoms with Gasteiger partial charge in [0.1, 0.15) is 0 Å². The first-order chi connectivity index (χ1) is 5.79. The van der Waals surface area contributed by atoms with Crippen LogP contribution in [0.3, 0.4) is 0 Å². The third kappa shape index (κ3) is 0.395. The fraction of sp³-hybridized carbons (Fsp3) is 0.900. The van der Waals surface area contributed by atoms with Crippen LogP contribution in [0.2, 0.25) is 0 Å². The van der Waals surface area contributed by atoms with E-state index in [-0.39, 0.29) is 5.92 Å². The Morgan fingerprint density at radius 1 is 1.00 bits per heavy atom. The van der Waals surface area contributed by atoms with Crippen molar-refractivity contribution in [3.63, 3.8) is 0 Å². The SMILES string of the molecule is O=C(O)[C@H]1C[C@H]2[C@H]3C[C@H]4[C@@H]2[C@@H]4[C@H]31. The van der Waals surface area contributed by atoms with Crippen molar-refractivity contribution >= 4 is 5.97 Å². The molecule has 0 aliphatic heterocycles. The summed E-state index contributed by atoms with van der Waals surface area (Å²) < 4.78 is 0. The van der Waals surface area contributed by atoms with Gasteiger partial charge in [0.2, 0.25) is 0 Å². The summed E-state index contributed by atoms with van der Waals surface area (Å²) in [6.07, 6.45) is 2.40. The highest BCUT2D eigenvalue weighted by Gasteiger charge is 2.78. The Kier molecular flexibility index (Phi) is 0.724. The molecule has 1 N–H and O–H groups in total. The second-order valence-corrected chi connectivity index (χ2v) is 5.14. The number of carbonyl (C=O) groups is 1. The van der Waals surface area contributed by atoms with E-state index in [4.69, 9.17) is 5.11 Å².